The van der Waals surface area contributed by atoms with E-state index in [-0.39, 0.29) is 12.3 Å². The zero-order valence-corrected chi connectivity index (χ0v) is 12.1. The molecule has 2 rings (SSSR count). The van der Waals surface area contributed by atoms with Crippen LogP contribution >= 0.6 is 0 Å². The van der Waals surface area contributed by atoms with E-state index in [0.29, 0.717) is 31.7 Å². The molecule has 6 heteroatoms. The van der Waals surface area contributed by atoms with Crippen LogP contribution in [-0.4, -0.2) is 47.1 Å². The molecule has 1 aromatic rings. The van der Waals surface area contributed by atoms with E-state index in [1.807, 2.05) is 6.07 Å². The van der Waals surface area contributed by atoms with E-state index < -0.39 is 17.9 Å². The molecular formula is C15H20N2O4. The SMILES string of the molecule is COCCCN1C(=O)CCC(C(=O)O)C1c1ccccn1. The molecule has 1 amide bonds. The van der Waals surface area contributed by atoms with E-state index in [9.17, 15) is 14.7 Å². The number of carboxylic acid groups (broad SMARTS) is 1. The monoisotopic (exact) mass is 292 g/mol. The Bertz CT molecular complexity index is 492. The van der Waals surface area contributed by atoms with Crippen LogP contribution in [0.5, 0.6) is 0 Å². The first-order valence-corrected chi connectivity index (χ1v) is 7.07. The molecule has 1 aromatic heterocycles. The summed E-state index contributed by atoms with van der Waals surface area (Å²) >= 11 is 0. The highest BCUT2D eigenvalue weighted by Gasteiger charge is 2.41. The fraction of sp³-hybridized carbons (Fsp3) is 0.533. The Labute approximate surface area is 123 Å². The summed E-state index contributed by atoms with van der Waals surface area (Å²) in [5.74, 6) is -1.51. The molecule has 2 unspecified atom stereocenters. The molecular weight excluding hydrogens is 272 g/mol. The number of carbonyl (C=O) groups is 2. The minimum Gasteiger partial charge on any atom is -0.481 e. The number of amides is 1. The fourth-order valence-electron chi connectivity index (χ4n) is 2.77. The van der Waals surface area contributed by atoms with E-state index in [1.54, 1.807) is 30.3 Å². The Morgan fingerprint density at radius 3 is 2.95 bits per heavy atom. The molecule has 2 heterocycles. The standard InChI is InChI=1S/C15H20N2O4/c1-21-10-4-9-17-13(18)7-6-11(15(19)20)14(17)12-5-2-3-8-16-12/h2-3,5,8,11,14H,4,6-7,9-10H2,1H3,(H,19,20). The maximum Gasteiger partial charge on any atom is 0.309 e. The van der Waals surface area contributed by atoms with Crippen molar-refractivity contribution < 1.29 is 19.4 Å². The van der Waals surface area contributed by atoms with Crippen LogP contribution < -0.4 is 0 Å². The number of hydrogen-bond acceptors (Lipinski definition) is 4. The molecule has 0 radical (unpaired) electrons. The molecule has 1 saturated heterocycles. The van der Waals surface area contributed by atoms with Crippen LogP contribution in [0.3, 0.4) is 0 Å². The van der Waals surface area contributed by atoms with Crippen molar-refractivity contribution in [2.45, 2.75) is 25.3 Å². The first-order valence-electron chi connectivity index (χ1n) is 7.07. The lowest BCUT2D eigenvalue weighted by Gasteiger charge is -2.39. The van der Waals surface area contributed by atoms with Gasteiger partial charge in [-0.15, -0.1) is 0 Å². The number of carboxylic acids is 1. The smallest absolute Gasteiger partial charge is 0.309 e. The van der Waals surface area contributed by atoms with Crippen LogP contribution in [0.4, 0.5) is 0 Å². The van der Waals surface area contributed by atoms with Gasteiger partial charge in [0.1, 0.15) is 0 Å². The summed E-state index contributed by atoms with van der Waals surface area (Å²) in [7, 11) is 1.61. The molecule has 0 aromatic carbocycles. The van der Waals surface area contributed by atoms with Crippen molar-refractivity contribution in [1.82, 2.24) is 9.88 Å². The Morgan fingerprint density at radius 2 is 2.33 bits per heavy atom. The number of likely N-dealkylation sites (tertiary alicyclic amines) is 1. The van der Waals surface area contributed by atoms with Gasteiger partial charge in [0.05, 0.1) is 17.7 Å². The van der Waals surface area contributed by atoms with Crippen molar-refractivity contribution in [3.63, 3.8) is 0 Å². The molecule has 21 heavy (non-hydrogen) atoms. The van der Waals surface area contributed by atoms with Gasteiger partial charge < -0.3 is 14.7 Å². The average molecular weight is 292 g/mol. The largest absolute Gasteiger partial charge is 0.481 e. The lowest BCUT2D eigenvalue weighted by atomic mass is 9.86. The van der Waals surface area contributed by atoms with Gasteiger partial charge in [-0.1, -0.05) is 6.07 Å². The van der Waals surface area contributed by atoms with Crippen LogP contribution in [0.25, 0.3) is 0 Å². The van der Waals surface area contributed by atoms with Crippen molar-refractivity contribution in [1.29, 1.82) is 0 Å². The van der Waals surface area contributed by atoms with Gasteiger partial charge >= 0.3 is 5.97 Å². The maximum atomic E-state index is 12.2. The van der Waals surface area contributed by atoms with Crippen LogP contribution in [-0.2, 0) is 14.3 Å². The van der Waals surface area contributed by atoms with Gasteiger partial charge in [0.25, 0.3) is 0 Å². The maximum absolute atomic E-state index is 12.2. The number of rotatable bonds is 6. The molecule has 114 valence electrons. The van der Waals surface area contributed by atoms with Gasteiger partial charge in [0, 0.05) is 32.9 Å². The second-order valence-electron chi connectivity index (χ2n) is 5.12. The molecule has 6 nitrogen and oxygen atoms in total. The van der Waals surface area contributed by atoms with Crippen LogP contribution in [0, 0.1) is 5.92 Å². The molecule has 2 atom stereocenters. The topological polar surface area (TPSA) is 79.7 Å². The molecule has 1 fully saturated rings. The zero-order chi connectivity index (χ0) is 15.2. The van der Waals surface area contributed by atoms with E-state index in [4.69, 9.17) is 4.74 Å². The Hall–Kier alpha value is -1.95. The lowest BCUT2D eigenvalue weighted by Crippen LogP contribution is -2.46. The molecule has 0 bridgehead atoms. The predicted octanol–water partition coefficient (Wildman–Crippen LogP) is 1.48. The molecule has 1 aliphatic heterocycles. The molecule has 1 aliphatic rings. The summed E-state index contributed by atoms with van der Waals surface area (Å²) < 4.78 is 5.01. The van der Waals surface area contributed by atoms with Crippen molar-refractivity contribution in [2.75, 3.05) is 20.3 Å². The number of ether oxygens (including phenoxy) is 1. The second-order valence-corrected chi connectivity index (χ2v) is 5.12. The van der Waals surface area contributed by atoms with Gasteiger partial charge in [-0.3, -0.25) is 14.6 Å². The van der Waals surface area contributed by atoms with Crippen molar-refractivity contribution >= 4 is 11.9 Å². The van der Waals surface area contributed by atoms with Gasteiger partial charge in [-0.05, 0) is 25.0 Å². The summed E-state index contributed by atoms with van der Waals surface area (Å²) in [6.45, 7) is 1.02. The number of aliphatic carboxylic acids is 1. The molecule has 0 aliphatic carbocycles. The third-order valence-corrected chi connectivity index (χ3v) is 3.76. The van der Waals surface area contributed by atoms with Crippen LogP contribution in [0.1, 0.15) is 31.0 Å². The van der Waals surface area contributed by atoms with E-state index in [2.05, 4.69) is 4.98 Å². The zero-order valence-electron chi connectivity index (χ0n) is 12.1. The quantitative estimate of drug-likeness (QED) is 0.803. The highest BCUT2D eigenvalue weighted by atomic mass is 16.5. The van der Waals surface area contributed by atoms with Crippen molar-refractivity contribution in [2.24, 2.45) is 5.92 Å². The highest BCUT2D eigenvalue weighted by molar-refractivity contribution is 5.81. The summed E-state index contributed by atoms with van der Waals surface area (Å²) in [6.07, 6.45) is 2.93. The first kappa shape index (κ1) is 15.4. The minimum absolute atomic E-state index is 0.0146. The van der Waals surface area contributed by atoms with Gasteiger partial charge in [0.2, 0.25) is 5.91 Å². The molecule has 0 saturated carbocycles. The summed E-state index contributed by atoms with van der Waals surface area (Å²) in [5, 5.41) is 9.46. The number of methoxy groups -OCH3 is 1. The van der Waals surface area contributed by atoms with Crippen LogP contribution in [0.15, 0.2) is 24.4 Å². The summed E-state index contributed by atoms with van der Waals surface area (Å²) in [4.78, 5) is 29.6. The Balaban J connectivity index is 2.27. The Kier molecular flexibility index (Phi) is 5.27. The normalized spacial score (nSPS) is 22.3. The predicted molar refractivity (Wildman–Crippen MR) is 75.5 cm³/mol. The first-order chi connectivity index (χ1) is 10.1. The molecule has 0 spiro atoms. The third-order valence-electron chi connectivity index (χ3n) is 3.76. The summed E-state index contributed by atoms with van der Waals surface area (Å²) in [5.41, 5.74) is 0.635. The number of aromatic nitrogens is 1. The third kappa shape index (κ3) is 3.58. The number of carbonyl (C=O) groups excluding carboxylic acids is 1. The number of pyridine rings is 1. The number of piperidine rings is 1. The summed E-state index contributed by atoms with van der Waals surface area (Å²) in [6, 6.07) is 4.87. The van der Waals surface area contributed by atoms with Crippen molar-refractivity contribution in [3.05, 3.63) is 30.1 Å². The van der Waals surface area contributed by atoms with E-state index >= 15 is 0 Å². The molecule has 1 N–H and O–H groups in total. The fourth-order valence-corrected chi connectivity index (χ4v) is 2.77. The van der Waals surface area contributed by atoms with Crippen molar-refractivity contribution in [3.8, 4) is 0 Å². The number of nitrogens with zero attached hydrogens (tertiary/aromatic N) is 2. The number of hydrogen-bond donors (Lipinski definition) is 1. The minimum atomic E-state index is -0.880. The second kappa shape index (κ2) is 7.17. The Morgan fingerprint density at radius 1 is 1.52 bits per heavy atom. The van der Waals surface area contributed by atoms with Crippen LogP contribution in [0.2, 0.25) is 0 Å². The average Bonchev–Trinajstić information content (AvgIpc) is 2.49. The highest BCUT2D eigenvalue weighted by Crippen LogP contribution is 2.36. The van der Waals surface area contributed by atoms with Gasteiger partial charge in [-0.25, -0.2) is 0 Å². The van der Waals surface area contributed by atoms with E-state index in [0.717, 1.165) is 0 Å². The van der Waals surface area contributed by atoms with Gasteiger partial charge in [0.15, 0.2) is 0 Å². The lowest BCUT2D eigenvalue weighted by molar-refractivity contribution is -0.152. The van der Waals surface area contributed by atoms with E-state index in [1.165, 1.54) is 0 Å². The van der Waals surface area contributed by atoms with Gasteiger partial charge in [-0.2, -0.15) is 0 Å².